The lowest BCUT2D eigenvalue weighted by Gasteiger charge is -2.29. The van der Waals surface area contributed by atoms with Crippen LogP contribution in [0.25, 0.3) is 0 Å². The molecular formula is C25H20O14. The quantitative estimate of drug-likeness (QED) is 0.155. The molecule has 0 spiro atoms. The summed E-state index contributed by atoms with van der Waals surface area (Å²) in [5.74, 6) is -13.1. The van der Waals surface area contributed by atoms with Gasteiger partial charge in [-0.15, -0.1) is 0 Å². The third kappa shape index (κ3) is 6.82. The van der Waals surface area contributed by atoms with Gasteiger partial charge in [-0.1, -0.05) is 6.92 Å². The number of aliphatic carboxylic acids is 1. The first-order valence-electron chi connectivity index (χ1n) is 10.7. The highest BCUT2D eigenvalue weighted by atomic mass is 16.7. The molecule has 0 saturated carbocycles. The summed E-state index contributed by atoms with van der Waals surface area (Å²) in [6, 6.07) is 4.92. The van der Waals surface area contributed by atoms with E-state index in [2.05, 4.69) is 0 Å². The number of ether oxygens (including phenoxy) is 2. The molecule has 14 nitrogen and oxygen atoms in total. The van der Waals surface area contributed by atoms with E-state index in [0.29, 0.717) is 12.1 Å². The van der Waals surface area contributed by atoms with Gasteiger partial charge in [0.2, 0.25) is 0 Å². The summed E-state index contributed by atoms with van der Waals surface area (Å²) in [7, 11) is 0. The van der Waals surface area contributed by atoms with E-state index in [1.54, 1.807) is 0 Å². The Morgan fingerprint density at radius 3 is 1.31 bits per heavy atom. The van der Waals surface area contributed by atoms with Crippen molar-refractivity contribution < 1.29 is 68.6 Å². The van der Waals surface area contributed by atoms with Crippen molar-refractivity contribution in [3.8, 4) is 0 Å². The van der Waals surface area contributed by atoms with Crippen LogP contribution in [0.1, 0.15) is 82.4 Å². The Kier molecular flexibility index (Phi) is 8.89. The van der Waals surface area contributed by atoms with E-state index in [-0.39, 0.29) is 0 Å². The molecule has 0 unspecified atom stereocenters. The number of hydrogen-bond acceptors (Lipinski definition) is 9. The molecule has 2 rings (SSSR count). The Morgan fingerprint density at radius 2 is 1.03 bits per heavy atom. The second kappa shape index (κ2) is 11.7. The average molecular weight is 544 g/mol. The molecule has 0 aliphatic rings. The summed E-state index contributed by atoms with van der Waals surface area (Å²) in [6.45, 7) is 2.42. The second-order valence-corrected chi connectivity index (χ2v) is 7.82. The van der Waals surface area contributed by atoms with Crippen molar-refractivity contribution in [2.75, 3.05) is 0 Å². The van der Waals surface area contributed by atoms with Crippen LogP contribution in [0.5, 0.6) is 0 Å². The second-order valence-electron chi connectivity index (χ2n) is 7.82. The highest BCUT2D eigenvalue weighted by Crippen LogP contribution is 2.27. The summed E-state index contributed by atoms with van der Waals surface area (Å²) in [6.07, 6.45) is 0.381. The summed E-state index contributed by atoms with van der Waals surface area (Å²) in [5, 5.41) is 46.2. The fraction of sp³-hybridized carbons (Fsp3) is 0.160. The molecular weight excluding hydrogens is 524 g/mol. The first-order chi connectivity index (χ1) is 18.1. The molecule has 14 heteroatoms. The molecule has 0 saturated heterocycles. The molecule has 0 aliphatic carbocycles. The van der Waals surface area contributed by atoms with Crippen molar-refractivity contribution in [3.63, 3.8) is 0 Å². The SMILES string of the molecule is CCC(C=C(C)C(=O)O)(OC(=O)c1ccc(C(=O)O)c(C(=O)O)c1)OC(=O)c1ccc(C(=O)O)c(C(=O)O)c1. The van der Waals surface area contributed by atoms with Crippen LogP contribution in [0.2, 0.25) is 0 Å². The fourth-order valence-electron chi connectivity index (χ4n) is 3.22. The van der Waals surface area contributed by atoms with E-state index in [1.165, 1.54) is 6.92 Å². The summed E-state index contributed by atoms with van der Waals surface area (Å²) in [4.78, 5) is 82.8. The standard InChI is InChI=1S/C25H20O14/c1-3-25(10-11(2)18(26)27,38-23(36)12-4-6-14(19(28)29)16(8-12)21(32)33)39-24(37)13-5-7-15(20(30)31)17(9-13)22(34)35/h4-10H,3H2,1-2H3,(H,26,27)(H,28,29)(H,30,31)(H,32,33)(H,34,35). The summed E-state index contributed by atoms with van der Waals surface area (Å²) < 4.78 is 10.6. The van der Waals surface area contributed by atoms with E-state index >= 15 is 0 Å². The molecule has 39 heavy (non-hydrogen) atoms. The van der Waals surface area contributed by atoms with Crippen LogP contribution in [-0.2, 0) is 14.3 Å². The molecule has 0 amide bonds. The molecule has 0 radical (unpaired) electrons. The van der Waals surface area contributed by atoms with Crippen LogP contribution >= 0.6 is 0 Å². The number of aromatic carboxylic acids is 4. The van der Waals surface area contributed by atoms with Gasteiger partial charge in [-0.2, -0.15) is 0 Å². The Bertz CT molecular complexity index is 1340. The predicted octanol–water partition coefficient (Wildman–Crippen LogP) is 2.63. The smallest absolute Gasteiger partial charge is 0.341 e. The van der Waals surface area contributed by atoms with Crippen LogP contribution in [0.4, 0.5) is 0 Å². The van der Waals surface area contributed by atoms with Crippen molar-refractivity contribution >= 4 is 41.8 Å². The first kappa shape index (κ1) is 29.7. The van der Waals surface area contributed by atoms with Crippen LogP contribution < -0.4 is 0 Å². The van der Waals surface area contributed by atoms with Gasteiger partial charge in [-0.25, -0.2) is 33.6 Å². The minimum absolute atomic E-state index is 0.396. The predicted molar refractivity (Wildman–Crippen MR) is 126 cm³/mol. The topological polar surface area (TPSA) is 239 Å². The molecule has 2 aromatic carbocycles. The van der Waals surface area contributed by atoms with Gasteiger partial charge >= 0.3 is 41.8 Å². The number of benzene rings is 2. The van der Waals surface area contributed by atoms with E-state index in [9.17, 15) is 48.9 Å². The average Bonchev–Trinajstić information content (AvgIpc) is 2.87. The van der Waals surface area contributed by atoms with Crippen molar-refractivity contribution in [3.05, 3.63) is 81.4 Å². The minimum atomic E-state index is -2.43. The summed E-state index contributed by atoms with van der Waals surface area (Å²) >= 11 is 0. The summed E-state index contributed by atoms with van der Waals surface area (Å²) in [5.41, 5.74) is -4.18. The largest absolute Gasteiger partial charge is 0.478 e. The molecule has 0 aromatic heterocycles. The third-order valence-corrected chi connectivity index (χ3v) is 5.23. The Balaban J connectivity index is 2.57. The van der Waals surface area contributed by atoms with Gasteiger partial charge in [-0.05, 0) is 43.3 Å². The van der Waals surface area contributed by atoms with E-state index < -0.39 is 92.9 Å². The zero-order valence-corrected chi connectivity index (χ0v) is 20.2. The maximum absolute atomic E-state index is 12.9. The molecule has 2 aromatic rings. The van der Waals surface area contributed by atoms with Crippen LogP contribution in [0.15, 0.2) is 48.0 Å². The molecule has 5 N–H and O–H groups in total. The Morgan fingerprint density at radius 1 is 0.667 bits per heavy atom. The highest BCUT2D eigenvalue weighted by Gasteiger charge is 2.37. The van der Waals surface area contributed by atoms with Crippen molar-refractivity contribution in [1.82, 2.24) is 0 Å². The van der Waals surface area contributed by atoms with Crippen molar-refractivity contribution in [2.24, 2.45) is 0 Å². The highest BCUT2D eigenvalue weighted by molar-refractivity contribution is 6.05. The van der Waals surface area contributed by atoms with Crippen LogP contribution in [-0.4, -0.2) is 73.1 Å². The zero-order valence-electron chi connectivity index (χ0n) is 20.2. The number of esters is 2. The van der Waals surface area contributed by atoms with E-state index in [0.717, 1.165) is 37.3 Å². The maximum Gasteiger partial charge on any atom is 0.341 e. The Hall–Kier alpha value is -5.53. The number of carbonyl (C=O) groups excluding carboxylic acids is 2. The van der Waals surface area contributed by atoms with E-state index in [4.69, 9.17) is 19.7 Å². The van der Waals surface area contributed by atoms with Gasteiger partial charge < -0.3 is 35.0 Å². The first-order valence-corrected chi connectivity index (χ1v) is 10.7. The monoisotopic (exact) mass is 544 g/mol. The zero-order chi connectivity index (χ0) is 29.7. The van der Waals surface area contributed by atoms with E-state index in [1.807, 2.05) is 0 Å². The third-order valence-electron chi connectivity index (χ3n) is 5.23. The molecule has 204 valence electrons. The van der Waals surface area contributed by atoms with Gasteiger partial charge in [0.1, 0.15) is 0 Å². The molecule has 0 bridgehead atoms. The van der Waals surface area contributed by atoms with Crippen LogP contribution in [0.3, 0.4) is 0 Å². The van der Waals surface area contributed by atoms with Gasteiger partial charge in [0.15, 0.2) is 0 Å². The lowest BCUT2D eigenvalue weighted by Crippen LogP contribution is -2.39. The normalized spacial score (nSPS) is 11.3. The maximum atomic E-state index is 12.9. The molecule has 0 atom stereocenters. The minimum Gasteiger partial charge on any atom is -0.478 e. The molecule has 0 aliphatic heterocycles. The van der Waals surface area contributed by atoms with Crippen molar-refractivity contribution in [2.45, 2.75) is 26.1 Å². The lowest BCUT2D eigenvalue weighted by atomic mass is 10.0. The number of rotatable bonds is 11. The lowest BCUT2D eigenvalue weighted by molar-refractivity contribution is -0.141. The van der Waals surface area contributed by atoms with Gasteiger partial charge in [0, 0.05) is 18.1 Å². The van der Waals surface area contributed by atoms with Gasteiger partial charge in [0.05, 0.1) is 33.4 Å². The van der Waals surface area contributed by atoms with Gasteiger partial charge in [-0.3, -0.25) is 0 Å². The van der Waals surface area contributed by atoms with Gasteiger partial charge in [0.25, 0.3) is 5.79 Å². The molecule has 0 heterocycles. The number of carboxylic acid groups (broad SMARTS) is 5. The number of hydrogen-bond donors (Lipinski definition) is 5. The molecule has 0 fully saturated rings. The number of carboxylic acids is 5. The fourth-order valence-corrected chi connectivity index (χ4v) is 3.22. The Labute approximate surface area is 218 Å². The van der Waals surface area contributed by atoms with Crippen LogP contribution in [0, 0.1) is 0 Å². The number of carbonyl (C=O) groups is 7. The van der Waals surface area contributed by atoms with Crippen molar-refractivity contribution in [1.29, 1.82) is 0 Å².